The van der Waals surface area contributed by atoms with Gasteiger partial charge in [-0.05, 0) is 62.7 Å². The maximum Gasteiger partial charge on any atom is 0.295 e. The zero-order valence-corrected chi connectivity index (χ0v) is 22.8. The number of likely N-dealkylation sites (tertiary alicyclic amines) is 1. The number of amides is 1. The summed E-state index contributed by atoms with van der Waals surface area (Å²) < 4.78 is 0.854. The minimum atomic E-state index is -0.730. The molecule has 0 aliphatic carbocycles. The van der Waals surface area contributed by atoms with Gasteiger partial charge in [0, 0.05) is 21.6 Å². The maximum absolute atomic E-state index is 13.2. The SMILES string of the molecule is CCCCN(CCCC)CCCN1C(=O)C(=O)C(=C(O)c2ccc(Br)cc2)[C@@H]1c1ccccc1Cl. The monoisotopic (exact) mass is 560 g/mol. The van der Waals surface area contributed by atoms with Crippen molar-refractivity contribution in [1.29, 1.82) is 0 Å². The molecule has 3 rings (SSSR count). The van der Waals surface area contributed by atoms with Crippen molar-refractivity contribution in [2.75, 3.05) is 26.2 Å². The summed E-state index contributed by atoms with van der Waals surface area (Å²) >= 11 is 9.92. The topological polar surface area (TPSA) is 60.9 Å². The molecule has 188 valence electrons. The fourth-order valence-corrected chi connectivity index (χ4v) is 4.96. The van der Waals surface area contributed by atoms with E-state index in [1.165, 1.54) is 0 Å². The molecule has 1 aliphatic heterocycles. The second kappa shape index (κ2) is 13.2. The number of halogens is 2. The van der Waals surface area contributed by atoms with Crippen LogP contribution in [-0.4, -0.2) is 52.8 Å². The van der Waals surface area contributed by atoms with Crippen molar-refractivity contribution in [2.45, 2.75) is 52.0 Å². The van der Waals surface area contributed by atoms with Gasteiger partial charge in [-0.3, -0.25) is 9.59 Å². The van der Waals surface area contributed by atoms with Gasteiger partial charge < -0.3 is 14.9 Å². The van der Waals surface area contributed by atoms with Gasteiger partial charge in [-0.25, -0.2) is 0 Å². The van der Waals surface area contributed by atoms with Crippen molar-refractivity contribution in [3.8, 4) is 0 Å². The maximum atomic E-state index is 13.2. The number of aliphatic hydroxyl groups excluding tert-OH is 1. The summed E-state index contributed by atoms with van der Waals surface area (Å²) in [6.45, 7) is 7.70. The van der Waals surface area contributed by atoms with Crippen LogP contribution in [0.4, 0.5) is 0 Å². The van der Waals surface area contributed by atoms with Crippen LogP contribution in [0.1, 0.15) is 63.1 Å². The Labute approximate surface area is 221 Å². The quantitative estimate of drug-likeness (QED) is 0.176. The van der Waals surface area contributed by atoms with Gasteiger partial charge in [0.05, 0.1) is 11.6 Å². The summed E-state index contributed by atoms with van der Waals surface area (Å²) in [7, 11) is 0. The molecule has 0 bridgehead atoms. The first kappa shape index (κ1) is 27.4. The second-order valence-corrected chi connectivity index (χ2v) is 10.2. The van der Waals surface area contributed by atoms with Gasteiger partial charge in [0.2, 0.25) is 0 Å². The molecule has 0 unspecified atom stereocenters. The molecule has 1 heterocycles. The predicted molar refractivity (Wildman–Crippen MR) is 145 cm³/mol. The largest absolute Gasteiger partial charge is 0.507 e. The summed E-state index contributed by atoms with van der Waals surface area (Å²) in [4.78, 5) is 30.4. The molecule has 0 radical (unpaired) electrons. The molecule has 35 heavy (non-hydrogen) atoms. The number of rotatable bonds is 12. The lowest BCUT2D eigenvalue weighted by Crippen LogP contribution is -2.34. The van der Waals surface area contributed by atoms with Crippen LogP contribution in [-0.2, 0) is 9.59 Å². The van der Waals surface area contributed by atoms with E-state index in [0.29, 0.717) is 22.7 Å². The molecule has 0 aromatic heterocycles. The lowest BCUT2D eigenvalue weighted by molar-refractivity contribution is -0.140. The van der Waals surface area contributed by atoms with Crippen molar-refractivity contribution >= 4 is 45.0 Å². The number of nitrogens with zero attached hydrogens (tertiary/aromatic N) is 2. The lowest BCUT2D eigenvalue weighted by atomic mass is 9.95. The molecule has 1 amide bonds. The van der Waals surface area contributed by atoms with Crippen LogP contribution in [0, 0.1) is 0 Å². The highest BCUT2D eigenvalue weighted by Gasteiger charge is 2.46. The summed E-state index contributed by atoms with van der Waals surface area (Å²) in [5.41, 5.74) is 1.20. The Balaban J connectivity index is 1.92. The van der Waals surface area contributed by atoms with Crippen LogP contribution in [0.5, 0.6) is 0 Å². The first-order valence-electron chi connectivity index (χ1n) is 12.4. The molecule has 2 aromatic carbocycles. The molecular formula is C28H34BrClN2O3. The summed E-state index contributed by atoms with van der Waals surface area (Å²) in [6, 6.07) is 13.5. The Kier molecular flexibility index (Phi) is 10.4. The molecule has 5 nitrogen and oxygen atoms in total. The predicted octanol–water partition coefficient (Wildman–Crippen LogP) is 6.82. The third kappa shape index (κ3) is 6.75. The van der Waals surface area contributed by atoms with E-state index in [9.17, 15) is 14.7 Å². The van der Waals surface area contributed by atoms with Crippen LogP contribution in [0.2, 0.25) is 5.02 Å². The van der Waals surface area contributed by atoms with Crippen molar-refractivity contribution < 1.29 is 14.7 Å². The molecule has 1 atom stereocenters. The first-order valence-corrected chi connectivity index (χ1v) is 13.6. The normalized spacial score (nSPS) is 17.5. The van der Waals surface area contributed by atoms with Crippen molar-refractivity contribution in [3.05, 3.63) is 74.7 Å². The van der Waals surface area contributed by atoms with E-state index in [4.69, 9.17) is 11.6 Å². The average molecular weight is 562 g/mol. The van der Waals surface area contributed by atoms with Crippen molar-refractivity contribution in [1.82, 2.24) is 9.80 Å². The van der Waals surface area contributed by atoms with E-state index in [-0.39, 0.29) is 11.3 Å². The standard InChI is InChI=1S/C28H34BrClN2O3/c1-3-5-16-31(17-6-4-2)18-9-19-32-25(22-10-7-8-11-23(22)30)24(27(34)28(32)35)26(33)20-12-14-21(29)15-13-20/h7-8,10-15,25,33H,3-6,9,16-19H2,1-2H3/t25-/m0/s1. The van der Waals surface area contributed by atoms with Gasteiger partial charge in [0.25, 0.3) is 11.7 Å². The minimum absolute atomic E-state index is 0.0826. The molecule has 1 saturated heterocycles. The van der Waals surface area contributed by atoms with Crippen molar-refractivity contribution in [2.24, 2.45) is 0 Å². The van der Waals surface area contributed by atoms with Crippen LogP contribution < -0.4 is 0 Å². The summed E-state index contributed by atoms with van der Waals surface area (Å²) in [5, 5.41) is 11.6. The van der Waals surface area contributed by atoms with E-state index in [2.05, 4.69) is 34.7 Å². The minimum Gasteiger partial charge on any atom is -0.507 e. The molecule has 0 spiro atoms. The van der Waals surface area contributed by atoms with E-state index in [0.717, 1.165) is 56.2 Å². The van der Waals surface area contributed by atoms with Crippen LogP contribution in [0.15, 0.2) is 58.6 Å². The highest BCUT2D eigenvalue weighted by molar-refractivity contribution is 9.10. The Morgan fingerprint density at radius 2 is 1.57 bits per heavy atom. The van der Waals surface area contributed by atoms with E-state index >= 15 is 0 Å². The average Bonchev–Trinajstić information content (AvgIpc) is 3.10. The fraction of sp³-hybridized carbons (Fsp3) is 0.429. The highest BCUT2D eigenvalue weighted by Crippen LogP contribution is 2.41. The molecule has 7 heteroatoms. The van der Waals surface area contributed by atoms with Crippen LogP contribution >= 0.6 is 27.5 Å². The van der Waals surface area contributed by atoms with Gasteiger partial charge >= 0.3 is 0 Å². The summed E-state index contributed by atoms with van der Waals surface area (Å²) in [6.07, 6.45) is 5.29. The third-order valence-corrected chi connectivity index (χ3v) is 7.26. The molecular weight excluding hydrogens is 528 g/mol. The number of carbonyl (C=O) groups is 2. The lowest BCUT2D eigenvalue weighted by Gasteiger charge is -2.28. The first-order chi connectivity index (χ1) is 16.9. The second-order valence-electron chi connectivity index (χ2n) is 8.92. The number of hydrogen-bond donors (Lipinski definition) is 1. The fourth-order valence-electron chi connectivity index (χ4n) is 4.46. The molecule has 1 N–H and O–H groups in total. The molecule has 1 aliphatic rings. The van der Waals surface area contributed by atoms with E-state index < -0.39 is 17.7 Å². The number of hydrogen-bond acceptors (Lipinski definition) is 4. The molecule has 2 aromatic rings. The van der Waals surface area contributed by atoms with Crippen LogP contribution in [0.3, 0.4) is 0 Å². The van der Waals surface area contributed by atoms with Gasteiger partial charge in [-0.1, -0.05) is 84.6 Å². The van der Waals surface area contributed by atoms with Gasteiger partial charge in [0.1, 0.15) is 5.76 Å². The smallest absolute Gasteiger partial charge is 0.295 e. The zero-order chi connectivity index (χ0) is 25.4. The van der Waals surface area contributed by atoms with Crippen LogP contribution in [0.25, 0.3) is 5.76 Å². The molecule has 0 saturated carbocycles. The zero-order valence-electron chi connectivity index (χ0n) is 20.5. The Hall–Kier alpha value is -2.15. The van der Waals surface area contributed by atoms with E-state index in [1.54, 1.807) is 35.2 Å². The number of carbonyl (C=O) groups excluding carboxylic acids is 2. The number of Topliss-reactive ketones (excluding diaryl/α,β-unsaturated/α-hetero) is 1. The number of benzene rings is 2. The Bertz CT molecular complexity index is 1050. The number of ketones is 1. The van der Waals surface area contributed by atoms with Gasteiger partial charge in [-0.2, -0.15) is 0 Å². The van der Waals surface area contributed by atoms with E-state index in [1.807, 2.05) is 18.2 Å². The Morgan fingerprint density at radius 1 is 0.971 bits per heavy atom. The highest BCUT2D eigenvalue weighted by atomic mass is 79.9. The third-order valence-electron chi connectivity index (χ3n) is 6.39. The molecule has 1 fully saturated rings. The Morgan fingerprint density at radius 3 is 2.17 bits per heavy atom. The summed E-state index contributed by atoms with van der Waals surface area (Å²) in [5.74, 6) is -1.46. The van der Waals surface area contributed by atoms with Crippen molar-refractivity contribution in [3.63, 3.8) is 0 Å². The number of aliphatic hydroxyl groups is 1. The van der Waals surface area contributed by atoms with Gasteiger partial charge in [0.15, 0.2) is 0 Å². The van der Waals surface area contributed by atoms with Gasteiger partial charge in [-0.15, -0.1) is 0 Å². The number of unbranched alkanes of at least 4 members (excludes halogenated alkanes) is 2.